The molecule has 1 fully saturated rings. The number of hydrogen-bond donors (Lipinski definition) is 2. The molecule has 1 aliphatic heterocycles. The normalized spacial score (nSPS) is 26.5. The lowest BCUT2D eigenvalue weighted by molar-refractivity contribution is 0.266. The van der Waals surface area contributed by atoms with Gasteiger partial charge in [0.05, 0.1) is 5.84 Å². The molecule has 0 spiro atoms. The summed E-state index contributed by atoms with van der Waals surface area (Å²) in [5.74, 6) is 0.719. The van der Waals surface area contributed by atoms with Crippen LogP contribution in [0.5, 0.6) is 0 Å². The molecule has 2 N–H and O–H groups in total. The minimum Gasteiger partial charge on any atom is -0.371 e. The molecular formula is C9H18N2. The highest BCUT2D eigenvalue weighted by atomic mass is 15.0. The predicted octanol–water partition coefficient (Wildman–Crippen LogP) is 2.15. The maximum atomic E-state index is 7.49. The average molecular weight is 154 g/mol. The molecule has 0 bridgehead atoms. The third-order valence-corrected chi connectivity index (χ3v) is 2.31. The molecule has 1 saturated heterocycles. The van der Waals surface area contributed by atoms with E-state index < -0.39 is 0 Å². The van der Waals surface area contributed by atoms with Gasteiger partial charge in [0, 0.05) is 12.5 Å². The van der Waals surface area contributed by atoms with Crippen LogP contribution in [-0.4, -0.2) is 11.9 Å². The Morgan fingerprint density at radius 2 is 2.09 bits per heavy atom. The van der Waals surface area contributed by atoms with Gasteiger partial charge in [-0.25, -0.2) is 0 Å². The molecule has 2 nitrogen and oxygen atoms in total. The summed E-state index contributed by atoms with van der Waals surface area (Å²) in [4.78, 5) is 0. The maximum absolute atomic E-state index is 7.49. The van der Waals surface area contributed by atoms with E-state index in [4.69, 9.17) is 5.41 Å². The molecule has 2 heteroatoms. The molecule has 0 saturated carbocycles. The highest BCUT2D eigenvalue weighted by Gasteiger charge is 2.27. The molecule has 1 aliphatic rings. The van der Waals surface area contributed by atoms with Crippen molar-refractivity contribution < 1.29 is 0 Å². The van der Waals surface area contributed by atoms with Gasteiger partial charge in [0.1, 0.15) is 0 Å². The summed E-state index contributed by atoms with van der Waals surface area (Å²) in [5.41, 5.74) is 0.298. The first-order valence-corrected chi connectivity index (χ1v) is 4.34. The Morgan fingerprint density at radius 3 is 2.45 bits per heavy atom. The summed E-state index contributed by atoms with van der Waals surface area (Å²) in [7, 11) is 0. The van der Waals surface area contributed by atoms with Crippen molar-refractivity contribution >= 4 is 5.84 Å². The van der Waals surface area contributed by atoms with E-state index in [1.165, 1.54) is 12.8 Å². The number of piperidine rings is 1. The number of rotatable bonds is 0. The largest absolute Gasteiger partial charge is 0.371 e. The molecule has 0 aromatic carbocycles. The van der Waals surface area contributed by atoms with Crippen LogP contribution in [0.2, 0.25) is 0 Å². The summed E-state index contributed by atoms with van der Waals surface area (Å²) in [6, 6.07) is 0.503. The monoisotopic (exact) mass is 154 g/mol. The Labute approximate surface area is 68.9 Å². The molecule has 1 rings (SSSR count). The topological polar surface area (TPSA) is 35.9 Å². The number of hydrogen-bond acceptors (Lipinski definition) is 1. The quantitative estimate of drug-likeness (QED) is 0.551. The number of amidine groups is 1. The Bertz CT molecular complexity index is 155. The van der Waals surface area contributed by atoms with E-state index in [-0.39, 0.29) is 0 Å². The third kappa shape index (κ3) is 2.21. The molecule has 0 aliphatic carbocycles. The Morgan fingerprint density at radius 1 is 1.45 bits per heavy atom. The first kappa shape index (κ1) is 8.57. The lowest BCUT2D eigenvalue weighted by Gasteiger charge is -2.35. The molecular weight excluding hydrogens is 136 g/mol. The number of nitrogens with one attached hydrogen (secondary N) is 2. The van der Waals surface area contributed by atoms with E-state index in [0.29, 0.717) is 11.5 Å². The van der Waals surface area contributed by atoms with Crippen LogP contribution in [-0.2, 0) is 0 Å². The van der Waals surface area contributed by atoms with Crippen LogP contribution in [0.1, 0.15) is 40.0 Å². The van der Waals surface area contributed by atoms with E-state index in [0.717, 1.165) is 12.3 Å². The van der Waals surface area contributed by atoms with Crippen molar-refractivity contribution in [3.8, 4) is 0 Å². The molecule has 0 aromatic heterocycles. The smallest absolute Gasteiger partial charge is 0.0933 e. The highest BCUT2D eigenvalue weighted by Crippen LogP contribution is 2.25. The molecule has 1 heterocycles. The van der Waals surface area contributed by atoms with Gasteiger partial charge in [-0.05, 0) is 18.3 Å². The lowest BCUT2D eigenvalue weighted by atomic mass is 9.82. The second kappa shape index (κ2) is 2.84. The van der Waals surface area contributed by atoms with Crippen LogP contribution in [0.4, 0.5) is 0 Å². The van der Waals surface area contributed by atoms with Crippen molar-refractivity contribution in [3.05, 3.63) is 0 Å². The van der Waals surface area contributed by atoms with Crippen molar-refractivity contribution in [2.24, 2.45) is 5.41 Å². The first-order chi connectivity index (χ1) is 5.00. The van der Waals surface area contributed by atoms with E-state index in [9.17, 15) is 0 Å². The van der Waals surface area contributed by atoms with Crippen LogP contribution < -0.4 is 5.32 Å². The molecule has 1 unspecified atom stereocenters. The summed E-state index contributed by atoms with van der Waals surface area (Å²) in [6.07, 6.45) is 3.33. The van der Waals surface area contributed by atoms with Gasteiger partial charge in [-0.2, -0.15) is 0 Å². The molecule has 1 atom stereocenters. The fourth-order valence-electron chi connectivity index (χ4n) is 1.49. The fourth-order valence-corrected chi connectivity index (χ4v) is 1.49. The van der Waals surface area contributed by atoms with Crippen molar-refractivity contribution in [2.45, 2.75) is 46.1 Å². The van der Waals surface area contributed by atoms with Crippen LogP contribution in [0.25, 0.3) is 0 Å². The Kier molecular flexibility index (Phi) is 2.21. The zero-order chi connectivity index (χ0) is 8.48. The highest BCUT2D eigenvalue weighted by molar-refractivity contribution is 5.79. The van der Waals surface area contributed by atoms with Crippen LogP contribution in [0.3, 0.4) is 0 Å². The second-order valence-electron chi connectivity index (χ2n) is 4.43. The Hall–Kier alpha value is -0.530. The van der Waals surface area contributed by atoms with Gasteiger partial charge in [0.25, 0.3) is 0 Å². The Balaban J connectivity index is 2.53. The van der Waals surface area contributed by atoms with Gasteiger partial charge < -0.3 is 5.32 Å². The van der Waals surface area contributed by atoms with Gasteiger partial charge in [-0.1, -0.05) is 20.8 Å². The fraction of sp³-hybridized carbons (Fsp3) is 0.889. The zero-order valence-electron chi connectivity index (χ0n) is 7.70. The van der Waals surface area contributed by atoms with E-state index >= 15 is 0 Å². The van der Waals surface area contributed by atoms with Crippen LogP contribution in [0.15, 0.2) is 0 Å². The zero-order valence-corrected chi connectivity index (χ0v) is 7.70. The van der Waals surface area contributed by atoms with E-state index in [1.54, 1.807) is 0 Å². The van der Waals surface area contributed by atoms with Gasteiger partial charge in [0.2, 0.25) is 0 Å². The van der Waals surface area contributed by atoms with Crippen LogP contribution >= 0.6 is 0 Å². The summed E-state index contributed by atoms with van der Waals surface area (Å²) in [6.45, 7) is 6.68. The first-order valence-electron chi connectivity index (χ1n) is 4.34. The summed E-state index contributed by atoms with van der Waals surface area (Å²) >= 11 is 0. The molecule has 0 aromatic rings. The molecule has 11 heavy (non-hydrogen) atoms. The predicted molar refractivity (Wildman–Crippen MR) is 48.0 cm³/mol. The van der Waals surface area contributed by atoms with Crippen molar-refractivity contribution in [1.82, 2.24) is 5.32 Å². The summed E-state index contributed by atoms with van der Waals surface area (Å²) in [5, 5.41) is 10.7. The van der Waals surface area contributed by atoms with Gasteiger partial charge in [-0.15, -0.1) is 0 Å². The lowest BCUT2D eigenvalue weighted by Crippen LogP contribution is -2.46. The minimum absolute atomic E-state index is 0.298. The van der Waals surface area contributed by atoms with Gasteiger partial charge >= 0.3 is 0 Å². The SMILES string of the molecule is CC(C)(C)C1CCCC(=N)N1. The molecule has 64 valence electrons. The van der Waals surface area contributed by atoms with E-state index in [1.807, 2.05) is 0 Å². The molecule has 0 amide bonds. The van der Waals surface area contributed by atoms with Crippen molar-refractivity contribution in [2.75, 3.05) is 0 Å². The maximum Gasteiger partial charge on any atom is 0.0933 e. The standard InChI is InChI=1S/C9H18N2/c1-9(2,3)7-5-4-6-8(10)11-7/h7H,4-6H2,1-3H3,(H2,10,11). The van der Waals surface area contributed by atoms with Gasteiger partial charge in [-0.3, -0.25) is 5.41 Å². The van der Waals surface area contributed by atoms with Crippen molar-refractivity contribution in [1.29, 1.82) is 5.41 Å². The van der Waals surface area contributed by atoms with Crippen LogP contribution in [0, 0.1) is 10.8 Å². The minimum atomic E-state index is 0.298. The second-order valence-corrected chi connectivity index (χ2v) is 4.43. The summed E-state index contributed by atoms with van der Waals surface area (Å²) < 4.78 is 0. The molecule has 0 radical (unpaired) electrons. The van der Waals surface area contributed by atoms with E-state index in [2.05, 4.69) is 26.1 Å². The van der Waals surface area contributed by atoms with Gasteiger partial charge in [0.15, 0.2) is 0 Å². The van der Waals surface area contributed by atoms with Crippen molar-refractivity contribution in [3.63, 3.8) is 0 Å². The third-order valence-electron chi connectivity index (χ3n) is 2.31. The average Bonchev–Trinajstić information content (AvgIpc) is 1.86.